The molecular formula is C13H15N2. The number of hydrogen-bond donors (Lipinski definition) is 1. The summed E-state index contributed by atoms with van der Waals surface area (Å²) in [7, 11) is 2.14. The highest BCUT2D eigenvalue weighted by Crippen LogP contribution is 2.15. The molecular weight excluding hydrogens is 184 g/mol. The Hall–Kier alpha value is -1.46. The number of rotatable bonds is 3. The molecule has 0 atom stereocenters. The molecule has 1 radical (unpaired) electrons. The molecule has 1 aliphatic heterocycles. The predicted molar refractivity (Wildman–Crippen MR) is 62.2 cm³/mol. The van der Waals surface area contributed by atoms with E-state index in [9.17, 15) is 0 Å². The van der Waals surface area contributed by atoms with E-state index in [0.717, 1.165) is 23.7 Å². The zero-order chi connectivity index (χ0) is 10.7. The minimum Gasteiger partial charge on any atom is -0.385 e. The van der Waals surface area contributed by atoms with E-state index in [4.69, 9.17) is 6.42 Å². The lowest BCUT2D eigenvalue weighted by Crippen LogP contribution is -2.46. The molecule has 0 bridgehead atoms. The van der Waals surface area contributed by atoms with Crippen LogP contribution in [0.3, 0.4) is 0 Å². The van der Waals surface area contributed by atoms with Crippen LogP contribution in [-0.2, 0) is 0 Å². The SMILES string of the molecule is [C]#Cc1cccc(NCC2CN(C)C2)c1. The number of benzene rings is 1. The summed E-state index contributed by atoms with van der Waals surface area (Å²) in [5.41, 5.74) is 1.91. The van der Waals surface area contributed by atoms with Crippen LogP contribution in [0.25, 0.3) is 0 Å². The van der Waals surface area contributed by atoms with Crippen molar-refractivity contribution in [2.45, 2.75) is 0 Å². The summed E-state index contributed by atoms with van der Waals surface area (Å²) in [6, 6.07) is 7.82. The number of nitrogens with zero attached hydrogens (tertiary/aromatic N) is 1. The summed E-state index contributed by atoms with van der Waals surface area (Å²) in [5, 5.41) is 3.39. The van der Waals surface area contributed by atoms with E-state index in [1.807, 2.05) is 24.3 Å². The van der Waals surface area contributed by atoms with Gasteiger partial charge in [-0.05, 0) is 31.7 Å². The first kappa shape index (κ1) is 10.1. The van der Waals surface area contributed by atoms with E-state index in [1.165, 1.54) is 13.1 Å². The van der Waals surface area contributed by atoms with Gasteiger partial charge in [0, 0.05) is 36.8 Å². The monoisotopic (exact) mass is 199 g/mol. The van der Waals surface area contributed by atoms with Crippen molar-refractivity contribution in [1.82, 2.24) is 4.90 Å². The number of nitrogens with one attached hydrogen (secondary N) is 1. The molecule has 0 aliphatic carbocycles. The van der Waals surface area contributed by atoms with Gasteiger partial charge in [-0.25, -0.2) is 0 Å². The predicted octanol–water partition coefficient (Wildman–Crippen LogP) is 1.60. The van der Waals surface area contributed by atoms with E-state index in [2.05, 4.69) is 23.2 Å². The third-order valence-electron chi connectivity index (χ3n) is 2.74. The Morgan fingerprint density at radius 3 is 3.00 bits per heavy atom. The first-order valence-electron chi connectivity index (χ1n) is 5.23. The molecule has 1 fully saturated rings. The molecule has 0 unspecified atom stereocenters. The lowest BCUT2D eigenvalue weighted by molar-refractivity contribution is 0.144. The van der Waals surface area contributed by atoms with Crippen LogP contribution in [0, 0.1) is 18.3 Å². The molecule has 1 aliphatic rings. The molecule has 15 heavy (non-hydrogen) atoms. The van der Waals surface area contributed by atoms with Crippen molar-refractivity contribution in [2.24, 2.45) is 5.92 Å². The summed E-state index contributed by atoms with van der Waals surface area (Å²) >= 11 is 0. The van der Waals surface area contributed by atoms with Gasteiger partial charge in [-0.15, -0.1) is 0 Å². The molecule has 1 aromatic rings. The van der Waals surface area contributed by atoms with E-state index < -0.39 is 0 Å². The molecule has 1 heterocycles. The fourth-order valence-corrected chi connectivity index (χ4v) is 1.93. The standard InChI is InChI=1S/C13H15N2/c1-3-11-5-4-6-13(7-11)14-8-12-9-15(2)10-12/h4-7,12,14H,8-10H2,2H3. The maximum atomic E-state index is 7.05. The average Bonchev–Trinajstić information content (AvgIpc) is 2.23. The molecule has 77 valence electrons. The fraction of sp³-hybridized carbons (Fsp3) is 0.385. The van der Waals surface area contributed by atoms with Crippen molar-refractivity contribution in [1.29, 1.82) is 0 Å². The highest BCUT2D eigenvalue weighted by molar-refractivity contribution is 5.49. The zero-order valence-corrected chi connectivity index (χ0v) is 8.96. The van der Waals surface area contributed by atoms with Gasteiger partial charge in [0.05, 0.1) is 0 Å². The quantitative estimate of drug-likeness (QED) is 0.744. The van der Waals surface area contributed by atoms with Gasteiger partial charge in [0.2, 0.25) is 0 Å². The Morgan fingerprint density at radius 2 is 2.33 bits per heavy atom. The average molecular weight is 199 g/mol. The Balaban J connectivity index is 1.86. The summed E-state index contributed by atoms with van der Waals surface area (Å²) in [4.78, 5) is 2.31. The maximum absolute atomic E-state index is 7.05. The van der Waals surface area contributed by atoms with Gasteiger partial charge >= 0.3 is 0 Å². The molecule has 1 saturated heterocycles. The first-order chi connectivity index (χ1) is 7.28. The van der Waals surface area contributed by atoms with Crippen molar-refractivity contribution < 1.29 is 0 Å². The Labute approximate surface area is 91.3 Å². The number of likely N-dealkylation sites (tertiary alicyclic amines) is 1. The van der Waals surface area contributed by atoms with Gasteiger partial charge in [0.1, 0.15) is 0 Å². The van der Waals surface area contributed by atoms with Crippen LogP contribution >= 0.6 is 0 Å². The normalized spacial score (nSPS) is 16.8. The zero-order valence-electron chi connectivity index (χ0n) is 8.96. The first-order valence-corrected chi connectivity index (χ1v) is 5.23. The molecule has 2 nitrogen and oxygen atoms in total. The van der Waals surface area contributed by atoms with Crippen LogP contribution in [0.15, 0.2) is 24.3 Å². The molecule has 0 spiro atoms. The lowest BCUT2D eigenvalue weighted by Gasteiger charge is -2.36. The third-order valence-corrected chi connectivity index (χ3v) is 2.74. The maximum Gasteiger partial charge on any atom is 0.0352 e. The van der Waals surface area contributed by atoms with E-state index in [-0.39, 0.29) is 0 Å². The Bertz CT molecular complexity index is 372. The molecule has 2 rings (SSSR count). The van der Waals surface area contributed by atoms with Crippen LogP contribution in [-0.4, -0.2) is 31.6 Å². The Morgan fingerprint density at radius 1 is 1.53 bits per heavy atom. The van der Waals surface area contributed by atoms with Gasteiger partial charge < -0.3 is 10.2 Å². The Kier molecular flexibility index (Phi) is 2.94. The molecule has 0 aromatic heterocycles. The van der Waals surface area contributed by atoms with Crippen LogP contribution in [0.1, 0.15) is 5.56 Å². The van der Waals surface area contributed by atoms with Crippen LogP contribution in [0.4, 0.5) is 5.69 Å². The second kappa shape index (κ2) is 4.37. The van der Waals surface area contributed by atoms with Gasteiger partial charge in [0.25, 0.3) is 0 Å². The largest absolute Gasteiger partial charge is 0.385 e. The fourth-order valence-electron chi connectivity index (χ4n) is 1.93. The third kappa shape index (κ3) is 2.51. The van der Waals surface area contributed by atoms with Gasteiger partial charge in [-0.2, -0.15) is 0 Å². The minimum atomic E-state index is 0.766. The summed E-state index contributed by atoms with van der Waals surface area (Å²) < 4.78 is 0. The highest BCUT2D eigenvalue weighted by atomic mass is 15.2. The van der Waals surface area contributed by atoms with Crippen LogP contribution < -0.4 is 5.32 Å². The van der Waals surface area contributed by atoms with Gasteiger partial charge in [-0.3, -0.25) is 0 Å². The second-order valence-corrected chi connectivity index (χ2v) is 4.17. The van der Waals surface area contributed by atoms with E-state index in [0.29, 0.717) is 0 Å². The van der Waals surface area contributed by atoms with Crippen LogP contribution in [0.2, 0.25) is 0 Å². The molecule has 0 amide bonds. The van der Waals surface area contributed by atoms with E-state index >= 15 is 0 Å². The topological polar surface area (TPSA) is 15.3 Å². The lowest BCUT2D eigenvalue weighted by atomic mass is 10.0. The number of anilines is 1. The van der Waals surface area contributed by atoms with Crippen LogP contribution in [0.5, 0.6) is 0 Å². The van der Waals surface area contributed by atoms with Gasteiger partial charge in [0.15, 0.2) is 0 Å². The summed E-state index contributed by atoms with van der Waals surface area (Å²) in [5.74, 6) is 3.16. The minimum absolute atomic E-state index is 0.766. The van der Waals surface area contributed by atoms with Crippen molar-refractivity contribution in [2.75, 3.05) is 32.0 Å². The van der Waals surface area contributed by atoms with Crippen molar-refractivity contribution >= 4 is 5.69 Å². The van der Waals surface area contributed by atoms with Crippen molar-refractivity contribution in [3.05, 3.63) is 36.3 Å². The van der Waals surface area contributed by atoms with E-state index in [1.54, 1.807) is 0 Å². The molecule has 1 aromatic carbocycles. The smallest absolute Gasteiger partial charge is 0.0352 e. The van der Waals surface area contributed by atoms with Crippen molar-refractivity contribution in [3.8, 4) is 5.92 Å². The summed E-state index contributed by atoms with van der Waals surface area (Å²) in [6.45, 7) is 3.39. The molecule has 1 N–H and O–H groups in total. The second-order valence-electron chi connectivity index (χ2n) is 4.17. The molecule has 0 saturated carbocycles. The molecule has 2 heteroatoms. The van der Waals surface area contributed by atoms with Crippen molar-refractivity contribution in [3.63, 3.8) is 0 Å². The summed E-state index contributed by atoms with van der Waals surface area (Å²) in [6.07, 6.45) is 7.05. The highest BCUT2D eigenvalue weighted by Gasteiger charge is 2.22. The van der Waals surface area contributed by atoms with Gasteiger partial charge in [-0.1, -0.05) is 12.0 Å². The number of hydrogen-bond acceptors (Lipinski definition) is 2.